The van der Waals surface area contributed by atoms with E-state index in [9.17, 15) is 0 Å². The summed E-state index contributed by atoms with van der Waals surface area (Å²) in [5, 5.41) is 0. The van der Waals surface area contributed by atoms with Gasteiger partial charge < -0.3 is 0 Å². The zero-order valence-corrected chi connectivity index (χ0v) is 12.2. The van der Waals surface area contributed by atoms with E-state index < -0.39 is 5.41 Å². The Labute approximate surface area is 124 Å². The number of aryl methyl sites for hydroxylation is 1. The molecular formula is C18H17N3. The van der Waals surface area contributed by atoms with Gasteiger partial charge in [-0.15, -0.1) is 0 Å². The molecule has 0 fully saturated rings. The summed E-state index contributed by atoms with van der Waals surface area (Å²) < 4.78 is 0. The van der Waals surface area contributed by atoms with Gasteiger partial charge in [-0.05, 0) is 50.2 Å². The highest BCUT2D eigenvalue weighted by Crippen LogP contribution is 2.35. The molecule has 0 aliphatic carbocycles. The van der Waals surface area contributed by atoms with Gasteiger partial charge in [0.15, 0.2) is 0 Å². The highest BCUT2D eigenvalue weighted by Gasteiger charge is 2.35. The molecule has 0 spiro atoms. The molecule has 3 nitrogen and oxygen atoms in total. The maximum Gasteiger partial charge on any atom is 0.0939 e. The first-order chi connectivity index (χ1) is 10.2. The molecule has 0 aliphatic rings. The summed E-state index contributed by atoms with van der Waals surface area (Å²) in [6.07, 6.45) is 3.62. The van der Waals surface area contributed by atoms with Crippen molar-refractivity contribution in [1.82, 2.24) is 15.0 Å². The summed E-state index contributed by atoms with van der Waals surface area (Å²) in [6.45, 7) is 4.13. The zero-order valence-electron chi connectivity index (χ0n) is 12.2. The van der Waals surface area contributed by atoms with Gasteiger partial charge in [-0.3, -0.25) is 15.0 Å². The van der Waals surface area contributed by atoms with Crippen molar-refractivity contribution in [3.05, 3.63) is 89.8 Å². The van der Waals surface area contributed by atoms with Gasteiger partial charge >= 0.3 is 0 Å². The number of rotatable bonds is 3. The summed E-state index contributed by atoms with van der Waals surface area (Å²) in [7, 11) is 0. The number of hydrogen-bond donors (Lipinski definition) is 0. The van der Waals surface area contributed by atoms with Gasteiger partial charge in [0, 0.05) is 18.1 Å². The van der Waals surface area contributed by atoms with E-state index >= 15 is 0 Å². The third kappa shape index (κ3) is 2.42. The van der Waals surface area contributed by atoms with Gasteiger partial charge in [0.25, 0.3) is 0 Å². The lowest BCUT2D eigenvalue weighted by Gasteiger charge is -2.28. The molecule has 3 heterocycles. The molecule has 0 aromatic carbocycles. The summed E-state index contributed by atoms with van der Waals surface area (Å²) in [6, 6.07) is 18.0. The van der Waals surface area contributed by atoms with Gasteiger partial charge in [-0.25, -0.2) is 0 Å². The Morgan fingerprint density at radius 3 is 1.76 bits per heavy atom. The van der Waals surface area contributed by atoms with Crippen LogP contribution in [0.5, 0.6) is 0 Å². The van der Waals surface area contributed by atoms with E-state index in [1.807, 2.05) is 73.9 Å². The highest BCUT2D eigenvalue weighted by molar-refractivity contribution is 5.41. The molecule has 0 N–H and O–H groups in total. The van der Waals surface area contributed by atoms with Crippen LogP contribution in [-0.4, -0.2) is 15.0 Å². The molecule has 0 aliphatic heterocycles. The Balaban J connectivity index is 2.25. The summed E-state index contributed by atoms with van der Waals surface area (Å²) in [4.78, 5) is 13.8. The van der Waals surface area contributed by atoms with Crippen LogP contribution in [0.1, 0.15) is 29.7 Å². The Hall–Kier alpha value is -2.55. The monoisotopic (exact) mass is 275 g/mol. The van der Waals surface area contributed by atoms with E-state index in [2.05, 4.69) is 16.9 Å². The van der Waals surface area contributed by atoms with E-state index in [-0.39, 0.29) is 0 Å². The van der Waals surface area contributed by atoms with Crippen molar-refractivity contribution in [2.24, 2.45) is 0 Å². The van der Waals surface area contributed by atoms with Crippen molar-refractivity contribution in [3.8, 4) is 0 Å². The largest absolute Gasteiger partial charge is 0.260 e. The van der Waals surface area contributed by atoms with Gasteiger partial charge in [0.2, 0.25) is 0 Å². The van der Waals surface area contributed by atoms with E-state index in [1.165, 1.54) is 0 Å². The molecule has 0 amide bonds. The molecule has 3 heteroatoms. The van der Waals surface area contributed by atoms with E-state index in [1.54, 1.807) is 0 Å². The zero-order chi connectivity index (χ0) is 14.7. The van der Waals surface area contributed by atoms with Crippen LogP contribution in [0.15, 0.2) is 67.0 Å². The second-order valence-electron chi connectivity index (χ2n) is 5.22. The number of aromatic nitrogens is 3. The van der Waals surface area contributed by atoms with Crippen LogP contribution in [0.2, 0.25) is 0 Å². The molecule has 104 valence electrons. The normalized spacial score (nSPS) is 11.3. The summed E-state index contributed by atoms with van der Waals surface area (Å²) in [5.74, 6) is 0. The molecule has 0 radical (unpaired) electrons. The molecule has 0 saturated carbocycles. The van der Waals surface area contributed by atoms with Crippen LogP contribution in [0.25, 0.3) is 0 Å². The Morgan fingerprint density at radius 1 is 0.714 bits per heavy atom. The smallest absolute Gasteiger partial charge is 0.0939 e. The number of hydrogen-bond acceptors (Lipinski definition) is 3. The quantitative estimate of drug-likeness (QED) is 0.734. The minimum absolute atomic E-state index is 0.464. The predicted molar refractivity (Wildman–Crippen MR) is 83.0 cm³/mol. The van der Waals surface area contributed by atoms with E-state index in [4.69, 9.17) is 4.98 Å². The highest BCUT2D eigenvalue weighted by atomic mass is 14.8. The third-order valence-corrected chi connectivity index (χ3v) is 3.75. The second kappa shape index (κ2) is 5.44. The topological polar surface area (TPSA) is 38.7 Å². The maximum absolute atomic E-state index is 4.72. The molecule has 0 unspecified atom stereocenters. The van der Waals surface area contributed by atoms with Crippen molar-refractivity contribution in [2.75, 3.05) is 0 Å². The van der Waals surface area contributed by atoms with Gasteiger partial charge in [0.05, 0.1) is 22.5 Å². The average Bonchev–Trinajstić information content (AvgIpc) is 2.56. The molecule has 0 atom stereocenters. The summed E-state index contributed by atoms with van der Waals surface area (Å²) >= 11 is 0. The fourth-order valence-electron chi connectivity index (χ4n) is 2.53. The molecular weight excluding hydrogens is 258 g/mol. The Kier molecular flexibility index (Phi) is 3.48. The first-order valence-electron chi connectivity index (χ1n) is 6.98. The van der Waals surface area contributed by atoms with Crippen LogP contribution < -0.4 is 0 Å². The number of pyridine rings is 3. The molecule has 21 heavy (non-hydrogen) atoms. The van der Waals surface area contributed by atoms with Crippen LogP contribution in [0.3, 0.4) is 0 Å². The molecule has 0 saturated heterocycles. The van der Waals surface area contributed by atoms with Crippen LogP contribution in [0, 0.1) is 6.92 Å². The van der Waals surface area contributed by atoms with Crippen LogP contribution in [0.4, 0.5) is 0 Å². The van der Waals surface area contributed by atoms with Crippen molar-refractivity contribution in [1.29, 1.82) is 0 Å². The van der Waals surface area contributed by atoms with Gasteiger partial charge in [-0.1, -0.05) is 18.2 Å². The lowest BCUT2D eigenvalue weighted by molar-refractivity contribution is 0.617. The first kappa shape index (κ1) is 13.4. The van der Waals surface area contributed by atoms with Crippen molar-refractivity contribution in [2.45, 2.75) is 19.3 Å². The van der Waals surface area contributed by atoms with E-state index in [0.717, 1.165) is 22.8 Å². The van der Waals surface area contributed by atoms with Crippen LogP contribution >= 0.6 is 0 Å². The van der Waals surface area contributed by atoms with Gasteiger partial charge in [0.1, 0.15) is 0 Å². The molecule has 3 aromatic heterocycles. The first-order valence-corrected chi connectivity index (χ1v) is 6.98. The average molecular weight is 275 g/mol. The Bertz CT molecular complexity index is 684. The minimum Gasteiger partial charge on any atom is -0.260 e. The third-order valence-electron chi connectivity index (χ3n) is 3.75. The molecule has 3 aromatic rings. The van der Waals surface area contributed by atoms with Crippen molar-refractivity contribution >= 4 is 0 Å². The fourth-order valence-corrected chi connectivity index (χ4v) is 2.53. The number of nitrogens with zero attached hydrogens (tertiary/aromatic N) is 3. The SMILES string of the molecule is Cc1cccc(C(C)(c2ccccn2)c2ccccn2)n1. The Morgan fingerprint density at radius 2 is 1.29 bits per heavy atom. The standard InChI is InChI=1S/C18H17N3/c1-14-8-7-11-17(21-14)18(2,15-9-3-5-12-19-15)16-10-4-6-13-20-16/h3-13H,1-2H3. The van der Waals surface area contributed by atoms with Crippen molar-refractivity contribution in [3.63, 3.8) is 0 Å². The minimum atomic E-state index is -0.464. The lowest BCUT2D eigenvalue weighted by atomic mass is 9.78. The van der Waals surface area contributed by atoms with Crippen LogP contribution in [-0.2, 0) is 5.41 Å². The predicted octanol–water partition coefficient (Wildman–Crippen LogP) is 3.53. The molecule has 3 rings (SSSR count). The molecule has 0 bridgehead atoms. The fraction of sp³-hybridized carbons (Fsp3) is 0.167. The maximum atomic E-state index is 4.72. The van der Waals surface area contributed by atoms with E-state index in [0.29, 0.717) is 0 Å². The van der Waals surface area contributed by atoms with Crippen molar-refractivity contribution < 1.29 is 0 Å². The second-order valence-corrected chi connectivity index (χ2v) is 5.22. The lowest BCUT2D eigenvalue weighted by Crippen LogP contribution is -2.29. The van der Waals surface area contributed by atoms with Gasteiger partial charge in [-0.2, -0.15) is 0 Å². The summed E-state index contributed by atoms with van der Waals surface area (Å²) in [5.41, 5.74) is 3.38.